The van der Waals surface area contributed by atoms with Crippen LogP contribution >= 0.6 is 0 Å². The summed E-state index contributed by atoms with van der Waals surface area (Å²) in [7, 11) is 0. The number of aromatic nitrogens is 2. The van der Waals surface area contributed by atoms with E-state index in [1.807, 2.05) is 13.8 Å². The maximum Gasteiger partial charge on any atom is 0.307 e. The van der Waals surface area contributed by atoms with E-state index in [9.17, 15) is 4.79 Å². The summed E-state index contributed by atoms with van der Waals surface area (Å²) in [5.74, 6) is -0.853. The lowest BCUT2D eigenvalue weighted by Crippen LogP contribution is -2.03. The van der Waals surface area contributed by atoms with Crippen LogP contribution in [0.3, 0.4) is 0 Å². The molecule has 0 unspecified atom stereocenters. The normalized spacial score (nSPS) is 30.1. The van der Waals surface area contributed by atoms with Crippen molar-refractivity contribution in [1.29, 1.82) is 0 Å². The number of hydrogen-bond donors (Lipinski definition) is 2. The Bertz CT molecular complexity index is 462. The molecule has 4 nitrogen and oxygen atoms in total. The molecule has 1 fully saturated rings. The van der Waals surface area contributed by atoms with E-state index in [0.29, 0.717) is 0 Å². The van der Waals surface area contributed by atoms with E-state index in [2.05, 4.69) is 10.2 Å². The van der Waals surface area contributed by atoms with Gasteiger partial charge in [-0.3, -0.25) is 9.89 Å². The Morgan fingerprint density at radius 1 is 1.50 bits per heavy atom. The van der Waals surface area contributed by atoms with Crippen LogP contribution < -0.4 is 0 Å². The first-order valence-electron chi connectivity index (χ1n) is 5.82. The molecule has 0 aromatic carbocycles. The van der Waals surface area contributed by atoms with Crippen molar-refractivity contribution in [3.8, 4) is 0 Å². The molecule has 1 aromatic rings. The number of hydrogen-bond acceptors (Lipinski definition) is 2. The third kappa shape index (κ3) is 1.10. The predicted octanol–water partition coefficient (Wildman–Crippen LogP) is 1.72. The molecule has 0 spiro atoms. The zero-order valence-corrected chi connectivity index (χ0v) is 9.58. The van der Waals surface area contributed by atoms with E-state index in [1.54, 1.807) is 0 Å². The fourth-order valence-corrected chi connectivity index (χ4v) is 3.21. The number of rotatable bonds is 2. The number of nitrogens with zero attached hydrogens (tertiary/aromatic N) is 1. The molecule has 0 bridgehead atoms. The number of fused-ring (bicyclic) bond motifs is 1. The van der Waals surface area contributed by atoms with Gasteiger partial charge in [0.1, 0.15) is 0 Å². The molecule has 2 atom stereocenters. The number of H-pyrrole nitrogens is 1. The molecule has 86 valence electrons. The molecular formula is C12H16N2O2. The van der Waals surface area contributed by atoms with E-state index in [4.69, 9.17) is 5.11 Å². The number of carbonyl (C=O) groups is 1. The number of carboxylic acid groups (broad SMARTS) is 1. The monoisotopic (exact) mass is 220 g/mol. The molecule has 1 heterocycles. The Labute approximate surface area is 94.1 Å². The fourth-order valence-electron chi connectivity index (χ4n) is 3.21. The van der Waals surface area contributed by atoms with Gasteiger partial charge in [-0.25, -0.2) is 0 Å². The van der Waals surface area contributed by atoms with E-state index in [0.717, 1.165) is 18.5 Å². The first kappa shape index (κ1) is 9.87. The molecule has 0 amide bonds. The summed E-state index contributed by atoms with van der Waals surface area (Å²) < 4.78 is 0. The van der Waals surface area contributed by atoms with Gasteiger partial charge in [0.2, 0.25) is 0 Å². The van der Waals surface area contributed by atoms with Crippen molar-refractivity contribution in [3.63, 3.8) is 0 Å². The van der Waals surface area contributed by atoms with Crippen molar-refractivity contribution < 1.29 is 9.90 Å². The summed E-state index contributed by atoms with van der Waals surface area (Å²) in [6.07, 6.45) is 3.29. The minimum atomic E-state index is -0.690. The average molecular weight is 220 g/mol. The molecule has 4 heteroatoms. The summed E-state index contributed by atoms with van der Waals surface area (Å²) in [5.41, 5.74) is 3.39. The van der Waals surface area contributed by atoms with E-state index in [1.165, 1.54) is 17.7 Å². The highest BCUT2D eigenvalue weighted by atomic mass is 16.4. The average Bonchev–Trinajstić information content (AvgIpc) is 2.55. The second-order valence-electron chi connectivity index (χ2n) is 5.53. The van der Waals surface area contributed by atoms with Crippen LogP contribution in [0.2, 0.25) is 0 Å². The lowest BCUT2D eigenvalue weighted by atomic mass is 10.0. The molecule has 2 aliphatic rings. The summed E-state index contributed by atoms with van der Waals surface area (Å²) >= 11 is 0. The molecule has 1 aromatic heterocycles. The Balaban J connectivity index is 1.97. The van der Waals surface area contributed by atoms with Crippen LogP contribution in [0.15, 0.2) is 0 Å². The Hall–Kier alpha value is -1.32. The zero-order chi connectivity index (χ0) is 11.5. The second kappa shape index (κ2) is 2.87. The zero-order valence-electron chi connectivity index (χ0n) is 9.58. The summed E-state index contributed by atoms with van der Waals surface area (Å²) in [6.45, 7) is 4.04. The van der Waals surface area contributed by atoms with Crippen molar-refractivity contribution in [2.45, 2.75) is 39.0 Å². The van der Waals surface area contributed by atoms with Crippen molar-refractivity contribution in [3.05, 3.63) is 17.0 Å². The minimum absolute atomic E-state index is 0.100. The maximum atomic E-state index is 11.1. The summed E-state index contributed by atoms with van der Waals surface area (Å²) in [4.78, 5) is 11.1. The van der Waals surface area contributed by atoms with E-state index < -0.39 is 5.97 Å². The van der Waals surface area contributed by atoms with Gasteiger partial charge in [0.05, 0.1) is 11.6 Å². The van der Waals surface area contributed by atoms with Crippen molar-refractivity contribution >= 4 is 5.97 Å². The molecule has 2 N–H and O–H groups in total. The van der Waals surface area contributed by atoms with Gasteiger partial charge < -0.3 is 5.11 Å². The third-order valence-corrected chi connectivity index (χ3v) is 4.23. The van der Waals surface area contributed by atoms with Crippen LogP contribution in [0.25, 0.3) is 0 Å². The topological polar surface area (TPSA) is 66.0 Å². The van der Waals surface area contributed by atoms with Gasteiger partial charge in [-0.15, -0.1) is 0 Å². The lowest BCUT2D eigenvalue weighted by Gasteiger charge is -2.00. The summed E-state index contributed by atoms with van der Waals surface area (Å²) in [6, 6.07) is 0. The number of aryl methyl sites for hydroxylation is 1. The quantitative estimate of drug-likeness (QED) is 0.797. The maximum absolute atomic E-state index is 11.1. The van der Waals surface area contributed by atoms with Crippen LogP contribution in [-0.2, 0) is 17.6 Å². The van der Waals surface area contributed by atoms with Crippen molar-refractivity contribution in [2.24, 2.45) is 11.3 Å². The highest BCUT2D eigenvalue weighted by molar-refractivity contribution is 5.77. The van der Waals surface area contributed by atoms with Crippen molar-refractivity contribution in [1.82, 2.24) is 10.2 Å². The summed E-state index contributed by atoms with van der Waals surface area (Å²) in [5, 5.41) is 16.6. The van der Waals surface area contributed by atoms with Gasteiger partial charge in [0, 0.05) is 11.6 Å². The van der Waals surface area contributed by atoms with Crippen LogP contribution in [-0.4, -0.2) is 21.3 Å². The molecule has 0 radical (unpaired) electrons. The smallest absolute Gasteiger partial charge is 0.307 e. The second-order valence-corrected chi connectivity index (χ2v) is 5.53. The van der Waals surface area contributed by atoms with Gasteiger partial charge in [-0.05, 0) is 30.2 Å². The first-order valence-corrected chi connectivity index (χ1v) is 5.82. The number of aliphatic carboxylic acids is 1. The molecule has 2 aliphatic carbocycles. The standard InChI is InChI=1S/C12H16N2O2/c1-12(2)8(9(12)11(15)16)10-6-4-3-5-7(6)13-14-10/h8-9H,3-5H2,1-2H3,(H,13,14)(H,15,16)/t8-,9-/m0/s1. The van der Waals surface area contributed by atoms with Crippen molar-refractivity contribution in [2.75, 3.05) is 0 Å². The first-order chi connectivity index (χ1) is 7.53. The fraction of sp³-hybridized carbons (Fsp3) is 0.667. The highest BCUT2D eigenvalue weighted by Gasteiger charge is 2.64. The van der Waals surface area contributed by atoms with Crippen LogP contribution in [0, 0.1) is 11.3 Å². The third-order valence-electron chi connectivity index (χ3n) is 4.23. The van der Waals surface area contributed by atoms with Crippen LogP contribution in [0.1, 0.15) is 43.1 Å². The molecule has 3 rings (SSSR count). The van der Waals surface area contributed by atoms with Gasteiger partial charge in [0.25, 0.3) is 0 Å². The number of aromatic amines is 1. The minimum Gasteiger partial charge on any atom is -0.481 e. The Kier molecular flexibility index (Phi) is 1.77. The van der Waals surface area contributed by atoms with Crippen LogP contribution in [0.5, 0.6) is 0 Å². The molecule has 0 aliphatic heterocycles. The SMILES string of the molecule is CC1(C)[C@H](C(=O)O)[C@H]1c1n[nH]c2c1CCC2. The lowest BCUT2D eigenvalue weighted by molar-refractivity contribution is -0.139. The number of carboxylic acids is 1. The molecule has 1 saturated carbocycles. The van der Waals surface area contributed by atoms with Gasteiger partial charge in [-0.2, -0.15) is 5.10 Å². The van der Waals surface area contributed by atoms with E-state index in [-0.39, 0.29) is 17.3 Å². The Morgan fingerprint density at radius 2 is 2.25 bits per heavy atom. The molecule has 16 heavy (non-hydrogen) atoms. The predicted molar refractivity (Wildman–Crippen MR) is 58.3 cm³/mol. The van der Waals surface area contributed by atoms with E-state index >= 15 is 0 Å². The largest absolute Gasteiger partial charge is 0.481 e. The molecular weight excluding hydrogens is 204 g/mol. The van der Waals surface area contributed by atoms with Gasteiger partial charge in [0.15, 0.2) is 0 Å². The molecule has 0 saturated heterocycles. The van der Waals surface area contributed by atoms with Crippen LogP contribution in [0.4, 0.5) is 0 Å². The number of nitrogens with one attached hydrogen (secondary N) is 1. The highest BCUT2D eigenvalue weighted by Crippen LogP contribution is 2.64. The van der Waals surface area contributed by atoms with Gasteiger partial charge in [-0.1, -0.05) is 13.8 Å². The Morgan fingerprint density at radius 3 is 2.88 bits per heavy atom. The van der Waals surface area contributed by atoms with Gasteiger partial charge >= 0.3 is 5.97 Å².